The number of anilines is 3. The molecule has 0 aromatic heterocycles. The number of nitrogens with zero attached hydrogens (tertiary/aromatic N) is 1. The fourth-order valence-electron chi connectivity index (χ4n) is 7.54. The molecule has 0 fully saturated rings. The lowest BCUT2D eigenvalue weighted by molar-refractivity contribution is 0.112. The van der Waals surface area contributed by atoms with Crippen LogP contribution in [-0.4, -0.2) is 11.4 Å². The predicted octanol–water partition coefficient (Wildman–Crippen LogP) is 12.3. The molecule has 3 heteroatoms. The third-order valence-corrected chi connectivity index (χ3v) is 10.1. The second-order valence-corrected chi connectivity index (χ2v) is 13.3. The predicted molar refractivity (Wildman–Crippen MR) is 204 cm³/mol. The van der Waals surface area contributed by atoms with E-state index in [-0.39, 0.29) is 16.7 Å². The minimum atomic E-state index is -0.109. The summed E-state index contributed by atoms with van der Waals surface area (Å²) in [7, 11) is 0. The number of fused-ring (bicyclic) bond motifs is 3. The van der Waals surface area contributed by atoms with Crippen molar-refractivity contribution in [3.8, 4) is 28.7 Å². The summed E-state index contributed by atoms with van der Waals surface area (Å²) in [6, 6.07) is 40.2. The Labute approximate surface area is 292 Å². The minimum Gasteiger partial charge on any atom is -0.507 e. The molecule has 5 aromatic rings. The number of aldehydes is 1. The SMILES string of the molecule is CCCCCCC1(CCCCCC)c2cc(C#Cc3ccc(O)c(C=O)c3)ccc2-c2ccc(N(c3ccccc3)c3ccccc3)cc21. The molecular weight excluding hydrogens is 599 g/mol. The Balaban J connectivity index is 1.49. The second-order valence-electron chi connectivity index (χ2n) is 13.3. The van der Waals surface area contributed by atoms with Crippen molar-refractivity contribution in [3.05, 3.63) is 143 Å². The van der Waals surface area contributed by atoms with Crippen LogP contribution in [0.5, 0.6) is 5.75 Å². The number of benzene rings is 5. The Hall–Kier alpha value is -5.07. The highest BCUT2D eigenvalue weighted by atomic mass is 16.3. The topological polar surface area (TPSA) is 40.5 Å². The van der Waals surface area contributed by atoms with Gasteiger partial charge in [-0.1, -0.05) is 126 Å². The van der Waals surface area contributed by atoms with E-state index in [0.29, 0.717) is 11.8 Å². The van der Waals surface area contributed by atoms with Crippen LogP contribution in [0.4, 0.5) is 17.1 Å². The van der Waals surface area contributed by atoms with Crippen molar-refractivity contribution in [1.29, 1.82) is 0 Å². The summed E-state index contributed by atoms with van der Waals surface area (Å²) in [4.78, 5) is 13.8. The monoisotopic (exact) mass is 645 g/mol. The van der Waals surface area contributed by atoms with E-state index in [1.807, 2.05) is 0 Å². The lowest BCUT2D eigenvalue weighted by Gasteiger charge is -2.34. The average Bonchev–Trinajstić information content (AvgIpc) is 3.41. The number of carbonyl (C=O) groups excluding carboxylic acids is 1. The number of hydrogen-bond donors (Lipinski definition) is 1. The van der Waals surface area contributed by atoms with Crippen LogP contribution in [0.2, 0.25) is 0 Å². The maximum Gasteiger partial charge on any atom is 0.153 e. The van der Waals surface area contributed by atoms with Gasteiger partial charge in [0.15, 0.2) is 6.29 Å². The van der Waals surface area contributed by atoms with E-state index in [1.54, 1.807) is 12.1 Å². The van der Waals surface area contributed by atoms with Gasteiger partial charge < -0.3 is 10.0 Å². The number of carbonyl (C=O) groups is 1. The number of phenols is 1. The van der Waals surface area contributed by atoms with Crippen LogP contribution in [0.25, 0.3) is 11.1 Å². The quantitative estimate of drug-likeness (QED) is 0.0742. The zero-order valence-electron chi connectivity index (χ0n) is 28.9. The largest absolute Gasteiger partial charge is 0.507 e. The number of aromatic hydroxyl groups is 1. The van der Waals surface area contributed by atoms with Gasteiger partial charge in [-0.15, -0.1) is 0 Å². The Morgan fingerprint density at radius 1 is 0.592 bits per heavy atom. The first kappa shape index (κ1) is 33.8. The van der Waals surface area contributed by atoms with Gasteiger partial charge in [0.2, 0.25) is 0 Å². The summed E-state index contributed by atoms with van der Waals surface area (Å²) in [5.74, 6) is 6.63. The molecular formula is C46H47NO2. The summed E-state index contributed by atoms with van der Waals surface area (Å²) in [5.41, 5.74) is 10.8. The van der Waals surface area contributed by atoms with Gasteiger partial charge in [-0.2, -0.15) is 0 Å². The molecule has 0 spiro atoms. The first-order valence-electron chi connectivity index (χ1n) is 18.1. The molecule has 1 N–H and O–H groups in total. The van der Waals surface area contributed by atoms with Gasteiger partial charge in [0.1, 0.15) is 5.75 Å². The maximum atomic E-state index is 11.4. The lowest BCUT2D eigenvalue weighted by atomic mass is 9.70. The Kier molecular flexibility index (Phi) is 11.0. The zero-order chi connectivity index (χ0) is 34.1. The highest BCUT2D eigenvalue weighted by molar-refractivity contribution is 5.86. The van der Waals surface area contributed by atoms with Crippen molar-refractivity contribution >= 4 is 23.3 Å². The molecule has 6 rings (SSSR count). The fraction of sp³-hybridized carbons (Fsp3) is 0.283. The fourth-order valence-corrected chi connectivity index (χ4v) is 7.54. The Morgan fingerprint density at radius 3 is 1.69 bits per heavy atom. The van der Waals surface area contributed by atoms with E-state index in [2.05, 4.69) is 128 Å². The van der Waals surface area contributed by atoms with Crippen LogP contribution >= 0.6 is 0 Å². The van der Waals surface area contributed by atoms with Gasteiger partial charge in [-0.3, -0.25) is 4.79 Å². The molecule has 1 aliphatic carbocycles. The van der Waals surface area contributed by atoms with Crippen molar-refractivity contribution < 1.29 is 9.90 Å². The van der Waals surface area contributed by atoms with Crippen molar-refractivity contribution in [2.24, 2.45) is 0 Å². The molecule has 0 bridgehead atoms. The average molecular weight is 646 g/mol. The zero-order valence-corrected chi connectivity index (χ0v) is 28.9. The van der Waals surface area contributed by atoms with E-state index in [4.69, 9.17) is 0 Å². The van der Waals surface area contributed by atoms with Gasteiger partial charge in [0.05, 0.1) is 5.56 Å². The van der Waals surface area contributed by atoms with Gasteiger partial charge >= 0.3 is 0 Å². The number of hydrogen-bond acceptors (Lipinski definition) is 3. The first-order chi connectivity index (χ1) is 24.1. The van der Waals surface area contributed by atoms with Crippen LogP contribution in [-0.2, 0) is 5.41 Å². The summed E-state index contributed by atoms with van der Waals surface area (Å²) in [6.45, 7) is 4.57. The van der Waals surface area contributed by atoms with Crippen LogP contribution in [0.1, 0.15) is 111 Å². The molecule has 5 aromatic carbocycles. The minimum absolute atomic E-state index is 0.0239. The first-order valence-corrected chi connectivity index (χ1v) is 18.1. The molecule has 0 amide bonds. The van der Waals surface area contributed by atoms with E-state index in [1.165, 1.54) is 85.4 Å². The molecule has 0 saturated heterocycles. The van der Waals surface area contributed by atoms with Crippen molar-refractivity contribution in [2.45, 2.75) is 83.5 Å². The molecule has 49 heavy (non-hydrogen) atoms. The maximum absolute atomic E-state index is 11.4. The standard InChI is InChI=1S/C46H47NO2/c1-3-5-7-15-29-46(30-16-8-6-4-2)43-32-36(22-21-35-24-28-45(49)37(31-35)34-48)23-26-41(43)42-27-25-40(33-44(42)46)47(38-17-11-9-12-18-38)39-19-13-10-14-20-39/h9-14,17-20,23-28,31-34,49H,3-8,15-16,29-30H2,1-2H3. The number of unbranched alkanes of at least 4 members (excludes halogenated alkanes) is 6. The van der Waals surface area contributed by atoms with Crippen molar-refractivity contribution in [1.82, 2.24) is 0 Å². The molecule has 0 heterocycles. The number of rotatable bonds is 14. The molecule has 0 unspecified atom stereocenters. The smallest absolute Gasteiger partial charge is 0.153 e. The van der Waals surface area contributed by atoms with Crippen molar-refractivity contribution in [2.75, 3.05) is 4.90 Å². The van der Waals surface area contributed by atoms with E-state index in [9.17, 15) is 9.90 Å². The summed E-state index contributed by atoms with van der Waals surface area (Å²) in [6.07, 6.45) is 12.7. The summed E-state index contributed by atoms with van der Waals surface area (Å²) < 4.78 is 0. The third-order valence-electron chi connectivity index (χ3n) is 10.1. The third kappa shape index (κ3) is 7.35. The van der Waals surface area contributed by atoms with Gasteiger partial charge in [0.25, 0.3) is 0 Å². The second kappa shape index (κ2) is 15.9. The van der Waals surface area contributed by atoms with Crippen LogP contribution in [0.3, 0.4) is 0 Å². The normalized spacial score (nSPS) is 12.4. The highest BCUT2D eigenvalue weighted by Gasteiger charge is 2.42. The molecule has 1 aliphatic rings. The number of phenolic OH excluding ortho intramolecular Hbond substituents is 1. The molecule has 0 saturated carbocycles. The molecule has 0 atom stereocenters. The van der Waals surface area contributed by atoms with Gasteiger partial charge in [-0.05, 0) is 102 Å². The summed E-state index contributed by atoms with van der Waals surface area (Å²) >= 11 is 0. The molecule has 3 nitrogen and oxygen atoms in total. The summed E-state index contributed by atoms with van der Waals surface area (Å²) in [5, 5.41) is 9.98. The Bertz CT molecular complexity index is 1880. The van der Waals surface area contributed by atoms with Crippen molar-refractivity contribution in [3.63, 3.8) is 0 Å². The van der Waals surface area contributed by atoms with Crippen LogP contribution < -0.4 is 4.90 Å². The van der Waals surface area contributed by atoms with Gasteiger partial charge in [-0.25, -0.2) is 0 Å². The van der Waals surface area contributed by atoms with E-state index in [0.717, 1.165) is 29.8 Å². The lowest BCUT2D eigenvalue weighted by Crippen LogP contribution is -2.26. The van der Waals surface area contributed by atoms with Gasteiger partial charge in [0, 0.05) is 33.6 Å². The van der Waals surface area contributed by atoms with E-state index >= 15 is 0 Å². The number of para-hydroxylation sites is 2. The Morgan fingerprint density at radius 2 is 1.12 bits per heavy atom. The molecule has 0 aliphatic heterocycles. The van der Waals surface area contributed by atoms with Crippen LogP contribution in [0.15, 0.2) is 115 Å². The molecule has 248 valence electrons. The van der Waals surface area contributed by atoms with Crippen LogP contribution in [0, 0.1) is 11.8 Å². The highest BCUT2D eigenvalue weighted by Crippen LogP contribution is 2.55. The molecule has 0 radical (unpaired) electrons. The van der Waals surface area contributed by atoms with E-state index < -0.39 is 0 Å².